The zero-order chi connectivity index (χ0) is 16.1. The SMILES string of the molecule is COc1cccc(C(=O)NCc2nc(-c3ccncc3)no2)c1. The Morgan fingerprint density at radius 3 is 2.87 bits per heavy atom. The number of hydrogen-bond acceptors (Lipinski definition) is 6. The molecule has 0 atom stereocenters. The van der Waals surface area contributed by atoms with E-state index in [1.807, 2.05) is 0 Å². The van der Waals surface area contributed by atoms with E-state index >= 15 is 0 Å². The second-order valence-corrected chi connectivity index (χ2v) is 4.66. The van der Waals surface area contributed by atoms with Gasteiger partial charge in [-0.15, -0.1) is 0 Å². The number of nitrogens with one attached hydrogen (secondary N) is 1. The number of methoxy groups -OCH3 is 1. The minimum Gasteiger partial charge on any atom is -0.497 e. The Labute approximate surface area is 132 Å². The summed E-state index contributed by atoms with van der Waals surface area (Å²) in [6.07, 6.45) is 3.30. The van der Waals surface area contributed by atoms with Gasteiger partial charge in [-0.3, -0.25) is 9.78 Å². The maximum atomic E-state index is 12.1. The summed E-state index contributed by atoms with van der Waals surface area (Å²) in [4.78, 5) is 20.3. The minimum absolute atomic E-state index is 0.147. The van der Waals surface area contributed by atoms with Gasteiger partial charge in [-0.05, 0) is 30.3 Å². The Balaban J connectivity index is 1.64. The van der Waals surface area contributed by atoms with E-state index in [9.17, 15) is 4.79 Å². The highest BCUT2D eigenvalue weighted by Gasteiger charge is 2.11. The molecular formula is C16H14N4O3. The zero-order valence-corrected chi connectivity index (χ0v) is 12.4. The number of pyridine rings is 1. The number of carbonyl (C=O) groups excluding carboxylic acids is 1. The smallest absolute Gasteiger partial charge is 0.251 e. The van der Waals surface area contributed by atoms with Crippen molar-refractivity contribution < 1.29 is 14.1 Å². The molecule has 1 aromatic carbocycles. The van der Waals surface area contributed by atoms with Crippen molar-refractivity contribution in [2.24, 2.45) is 0 Å². The van der Waals surface area contributed by atoms with Gasteiger partial charge in [0, 0.05) is 23.5 Å². The molecule has 116 valence electrons. The van der Waals surface area contributed by atoms with E-state index in [0.29, 0.717) is 23.0 Å². The summed E-state index contributed by atoms with van der Waals surface area (Å²) in [6, 6.07) is 10.4. The highest BCUT2D eigenvalue weighted by molar-refractivity contribution is 5.94. The third kappa shape index (κ3) is 3.52. The maximum absolute atomic E-state index is 12.1. The third-order valence-electron chi connectivity index (χ3n) is 3.14. The highest BCUT2D eigenvalue weighted by atomic mass is 16.5. The van der Waals surface area contributed by atoms with Gasteiger partial charge >= 0.3 is 0 Å². The molecule has 0 aliphatic heterocycles. The fourth-order valence-electron chi connectivity index (χ4n) is 1.97. The van der Waals surface area contributed by atoms with Crippen LogP contribution >= 0.6 is 0 Å². The van der Waals surface area contributed by atoms with Crippen LogP contribution in [0.15, 0.2) is 53.3 Å². The summed E-state index contributed by atoms with van der Waals surface area (Å²) >= 11 is 0. The van der Waals surface area contributed by atoms with Crippen LogP contribution in [0.3, 0.4) is 0 Å². The predicted molar refractivity (Wildman–Crippen MR) is 81.7 cm³/mol. The molecule has 7 heteroatoms. The van der Waals surface area contributed by atoms with Gasteiger partial charge in [0.25, 0.3) is 5.91 Å². The monoisotopic (exact) mass is 310 g/mol. The normalized spacial score (nSPS) is 10.3. The molecule has 2 heterocycles. The highest BCUT2D eigenvalue weighted by Crippen LogP contribution is 2.14. The molecule has 3 aromatic rings. The molecule has 2 aromatic heterocycles. The minimum atomic E-state index is -0.243. The summed E-state index contributed by atoms with van der Waals surface area (Å²) in [7, 11) is 1.55. The van der Waals surface area contributed by atoms with E-state index in [1.165, 1.54) is 0 Å². The number of benzene rings is 1. The van der Waals surface area contributed by atoms with Crippen molar-refractivity contribution in [1.82, 2.24) is 20.4 Å². The molecule has 0 fully saturated rings. The van der Waals surface area contributed by atoms with Crippen LogP contribution in [0.4, 0.5) is 0 Å². The average Bonchev–Trinajstić information content (AvgIpc) is 3.09. The molecule has 0 saturated carbocycles. The van der Waals surface area contributed by atoms with Gasteiger partial charge in [0.1, 0.15) is 5.75 Å². The van der Waals surface area contributed by atoms with Crippen molar-refractivity contribution in [3.8, 4) is 17.1 Å². The molecule has 0 spiro atoms. The second-order valence-electron chi connectivity index (χ2n) is 4.66. The number of aromatic nitrogens is 3. The van der Waals surface area contributed by atoms with E-state index in [1.54, 1.807) is 55.9 Å². The van der Waals surface area contributed by atoms with Crippen molar-refractivity contribution >= 4 is 5.91 Å². The first-order chi connectivity index (χ1) is 11.3. The molecule has 0 unspecified atom stereocenters. The lowest BCUT2D eigenvalue weighted by molar-refractivity contribution is 0.0946. The number of carbonyl (C=O) groups is 1. The Bertz CT molecular complexity index is 802. The van der Waals surface area contributed by atoms with Crippen LogP contribution in [0.2, 0.25) is 0 Å². The average molecular weight is 310 g/mol. The molecule has 0 saturated heterocycles. The quantitative estimate of drug-likeness (QED) is 0.776. The number of nitrogens with zero attached hydrogens (tertiary/aromatic N) is 3. The summed E-state index contributed by atoms with van der Waals surface area (Å²) < 4.78 is 10.2. The number of amides is 1. The number of rotatable bonds is 5. The van der Waals surface area contributed by atoms with Crippen LogP contribution in [0.1, 0.15) is 16.2 Å². The van der Waals surface area contributed by atoms with E-state index in [4.69, 9.17) is 9.26 Å². The van der Waals surface area contributed by atoms with Crippen molar-refractivity contribution in [2.45, 2.75) is 6.54 Å². The van der Waals surface area contributed by atoms with Crippen molar-refractivity contribution in [1.29, 1.82) is 0 Å². The summed E-state index contributed by atoms with van der Waals surface area (Å²) in [5.41, 5.74) is 1.30. The molecule has 0 bridgehead atoms. The zero-order valence-electron chi connectivity index (χ0n) is 12.4. The molecule has 7 nitrogen and oxygen atoms in total. The lowest BCUT2D eigenvalue weighted by Crippen LogP contribution is -2.22. The first-order valence-corrected chi connectivity index (χ1v) is 6.91. The Kier molecular flexibility index (Phi) is 4.28. The van der Waals surface area contributed by atoms with E-state index in [0.717, 1.165) is 5.56 Å². The van der Waals surface area contributed by atoms with Gasteiger partial charge in [-0.25, -0.2) is 0 Å². The topological polar surface area (TPSA) is 90.1 Å². The van der Waals surface area contributed by atoms with Gasteiger partial charge in [0.15, 0.2) is 0 Å². The second kappa shape index (κ2) is 6.69. The molecule has 1 N–H and O–H groups in total. The van der Waals surface area contributed by atoms with Gasteiger partial charge in [0.05, 0.1) is 13.7 Å². The largest absolute Gasteiger partial charge is 0.497 e. The fraction of sp³-hybridized carbons (Fsp3) is 0.125. The van der Waals surface area contributed by atoms with E-state index in [2.05, 4.69) is 20.4 Å². The van der Waals surface area contributed by atoms with E-state index in [-0.39, 0.29) is 12.5 Å². The summed E-state index contributed by atoms with van der Waals surface area (Å²) in [5, 5.41) is 6.61. The van der Waals surface area contributed by atoms with Gasteiger partial charge in [-0.1, -0.05) is 11.2 Å². The van der Waals surface area contributed by atoms with Crippen molar-refractivity contribution in [3.63, 3.8) is 0 Å². The molecule has 1 amide bonds. The molecule has 23 heavy (non-hydrogen) atoms. The number of hydrogen-bond donors (Lipinski definition) is 1. The Hall–Kier alpha value is -3.22. The van der Waals surface area contributed by atoms with E-state index < -0.39 is 0 Å². The van der Waals surface area contributed by atoms with Crippen molar-refractivity contribution in [3.05, 3.63) is 60.2 Å². The summed E-state index contributed by atoms with van der Waals surface area (Å²) in [6.45, 7) is 0.147. The fourth-order valence-corrected chi connectivity index (χ4v) is 1.97. The van der Waals surface area contributed by atoms with Gasteiger partial charge < -0.3 is 14.6 Å². The molecule has 0 aliphatic carbocycles. The first kappa shape index (κ1) is 14.7. The molecule has 0 aliphatic rings. The predicted octanol–water partition coefficient (Wildman–Crippen LogP) is 2.07. The maximum Gasteiger partial charge on any atom is 0.251 e. The van der Waals surface area contributed by atoms with Gasteiger partial charge in [-0.2, -0.15) is 4.98 Å². The molecule has 3 rings (SSSR count). The number of ether oxygens (including phenoxy) is 1. The standard InChI is InChI=1S/C16H14N4O3/c1-22-13-4-2-3-12(9-13)16(21)18-10-14-19-15(20-23-14)11-5-7-17-8-6-11/h2-9H,10H2,1H3,(H,18,21). The first-order valence-electron chi connectivity index (χ1n) is 6.91. The van der Waals surface area contributed by atoms with Crippen LogP contribution in [0.25, 0.3) is 11.4 Å². The van der Waals surface area contributed by atoms with Crippen LogP contribution in [0.5, 0.6) is 5.75 Å². The van der Waals surface area contributed by atoms with Gasteiger partial charge in [0.2, 0.25) is 11.7 Å². The molecular weight excluding hydrogens is 296 g/mol. The Morgan fingerprint density at radius 2 is 2.09 bits per heavy atom. The van der Waals surface area contributed by atoms with Crippen molar-refractivity contribution in [2.75, 3.05) is 7.11 Å². The lowest BCUT2D eigenvalue weighted by atomic mass is 10.2. The third-order valence-corrected chi connectivity index (χ3v) is 3.14. The van der Waals surface area contributed by atoms with Crippen LogP contribution in [0, 0.1) is 0 Å². The molecule has 0 radical (unpaired) electrons. The van der Waals surface area contributed by atoms with Crippen LogP contribution in [-0.2, 0) is 6.54 Å². The van der Waals surface area contributed by atoms with Crippen LogP contribution < -0.4 is 10.1 Å². The lowest BCUT2D eigenvalue weighted by Gasteiger charge is -2.04. The summed E-state index contributed by atoms with van der Waals surface area (Å²) in [5.74, 6) is 1.16. The Morgan fingerprint density at radius 1 is 1.26 bits per heavy atom. The van der Waals surface area contributed by atoms with Crippen LogP contribution in [-0.4, -0.2) is 28.1 Å².